The molecule has 0 N–H and O–H groups in total. The van der Waals surface area contributed by atoms with E-state index in [4.69, 9.17) is 9.15 Å². The SMILES string of the molecule is COC(=O)Cn1cc(/C=C2/SC(=O)N(Cc3ccc(C(=O)OC)o3)C2=O)c2ccccc21. The number of hydrogen-bond donors (Lipinski definition) is 0. The Morgan fingerprint density at radius 3 is 2.62 bits per heavy atom. The molecule has 0 saturated carbocycles. The van der Waals surface area contributed by atoms with Crippen molar-refractivity contribution < 1.29 is 33.1 Å². The van der Waals surface area contributed by atoms with E-state index in [1.54, 1.807) is 16.8 Å². The lowest BCUT2D eigenvalue weighted by Crippen LogP contribution is -2.27. The second-order valence-corrected chi connectivity index (χ2v) is 7.82. The highest BCUT2D eigenvalue weighted by molar-refractivity contribution is 8.18. The monoisotopic (exact) mass is 454 g/mol. The number of esters is 2. The number of methoxy groups -OCH3 is 2. The maximum Gasteiger partial charge on any atom is 0.373 e. The van der Waals surface area contributed by atoms with Crippen molar-refractivity contribution in [1.82, 2.24) is 9.47 Å². The van der Waals surface area contributed by atoms with Crippen molar-refractivity contribution in [3.63, 3.8) is 0 Å². The number of imide groups is 1. The van der Waals surface area contributed by atoms with Crippen molar-refractivity contribution in [3.8, 4) is 0 Å². The highest BCUT2D eigenvalue weighted by Gasteiger charge is 2.36. The van der Waals surface area contributed by atoms with Gasteiger partial charge >= 0.3 is 11.9 Å². The molecule has 1 aliphatic rings. The lowest BCUT2D eigenvalue weighted by molar-refractivity contribution is -0.141. The van der Waals surface area contributed by atoms with Crippen molar-refractivity contribution in [2.24, 2.45) is 0 Å². The zero-order valence-electron chi connectivity index (χ0n) is 17.2. The number of carbonyl (C=O) groups is 4. The lowest BCUT2D eigenvalue weighted by atomic mass is 10.1. The van der Waals surface area contributed by atoms with Gasteiger partial charge in [0.25, 0.3) is 11.1 Å². The first kappa shape index (κ1) is 21.4. The summed E-state index contributed by atoms with van der Waals surface area (Å²) >= 11 is 0.814. The predicted molar refractivity (Wildman–Crippen MR) is 116 cm³/mol. The molecule has 0 spiro atoms. The van der Waals surface area contributed by atoms with Crippen LogP contribution in [0.25, 0.3) is 17.0 Å². The van der Waals surface area contributed by atoms with E-state index in [0.29, 0.717) is 5.56 Å². The zero-order chi connectivity index (χ0) is 22.8. The Morgan fingerprint density at radius 2 is 1.88 bits per heavy atom. The fraction of sp³-hybridized carbons (Fsp3) is 0.182. The van der Waals surface area contributed by atoms with E-state index < -0.39 is 23.1 Å². The van der Waals surface area contributed by atoms with E-state index in [1.165, 1.54) is 26.4 Å². The second-order valence-electron chi connectivity index (χ2n) is 6.83. The van der Waals surface area contributed by atoms with Crippen molar-refractivity contribution in [3.05, 3.63) is 64.6 Å². The predicted octanol–water partition coefficient (Wildman–Crippen LogP) is 3.43. The number of rotatable bonds is 6. The van der Waals surface area contributed by atoms with E-state index in [2.05, 4.69) is 4.74 Å². The Balaban J connectivity index is 1.60. The van der Waals surface area contributed by atoms with Crippen LogP contribution < -0.4 is 0 Å². The number of para-hydroxylation sites is 1. The van der Waals surface area contributed by atoms with Gasteiger partial charge in [-0.15, -0.1) is 0 Å². The average molecular weight is 454 g/mol. The molecule has 4 rings (SSSR count). The van der Waals surface area contributed by atoms with Crippen molar-refractivity contribution in [2.75, 3.05) is 14.2 Å². The summed E-state index contributed by atoms with van der Waals surface area (Å²) in [6, 6.07) is 10.4. The summed E-state index contributed by atoms with van der Waals surface area (Å²) in [6.45, 7) is -0.0869. The molecule has 1 aromatic carbocycles. The number of amides is 2. The third-order valence-corrected chi connectivity index (χ3v) is 5.78. The number of furan rings is 1. The lowest BCUT2D eigenvalue weighted by Gasteiger charge is -2.09. The Hall–Kier alpha value is -3.79. The van der Waals surface area contributed by atoms with E-state index in [0.717, 1.165) is 27.6 Å². The first-order valence-electron chi connectivity index (χ1n) is 9.48. The Morgan fingerprint density at radius 1 is 1.09 bits per heavy atom. The van der Waals surface area contributed by atoms with Crippen molar-refractivity contribution >= 4 is 51.8 Å². The van der Waals surface area contributed by atoms with Gasteiger partial charge in [-0.05, 0) is 36.0 Å². The summed E-state index contributed by atoms with van der Waals surface area (Å²) < 4.78 is 16.4. The summed E-state index contributed by atoms with van der Waals surface area (Å²) in [5, 5.41) is 0.382. The maximum atomic E-state index is 12.9. The topological polar surface area (TPSA) is 108 Å². The average Bonchev–Trinajstić information content (AvgIpc) is 3.47. The number of aromatic nitrogens is 1. The fourth-order valence-electron chi connectivity index (χ4n) is 3.33. The molecule has 0 radical (unpaired) electrons. The van der Waals surface area contributed by atoms with E-state index in [1.807, 2.05) is 24.3 Å². The van der Waals surface area contributed by atoms with Gasteiger partial charge in [0.2, 0.25) is 5.76 Å². The summed E-state index contributed by atoms with van der Waals surface area (Å²) in [4.78, 5) is 49.9. The molecule has 9 nitrogen and oxygen atoms in total. The summed E-state index contributed by atoms with van der Waals surface area (Å²) in [6.07, 6.45) is 3.37. The molecule has 10 heteroatoms. The van der Waals surface area contributed by atoms with Gasteiger partial charge in [0.15, 0.2) is 0 Å². The first-order valence-corrected chi connectivity index (χ1v) is 10.3. The van der Waals surface area contributed by atoms with Gasteiger partial charge < -0.3 is 18.5 Å². The van der Waals surface area contributed by atoms with E-state index in [-0.39, 0.29) is 29.5 Å². The minimum absolute atomic E-state index is 0.0107. The van der Waals surface area contributed by atoms with Gasteiger partial charge in [-0.25, -0.2) is 4.79 Å². The van der Waals surface area contributed by atoms with Gasteiger partial charge in [0, 0.05) is 22.7 Å². The zero-order valence-corrected chi connectivity index (χ0v) is 18.0. The summed E-state index contributed by atoms with van der Waals surface area (Å²) in [7, 11) is 2.55. The highest BCUT2D eigenvalue weighted by Crippen LogP contribution is 2.35. The van der Waals surface area contributed by atoms with Crippen LogP contribution >= 0.6 is 11.8 Å². The molecule has 164 valence electrons. The number of benzene rings is 1. The van der Waals surface area contributed by atoms with Crippen LogP contribution in [0.2, 0.25) is 0 Å². The second kappa shape index (κ2) is 8.75. The standard InChI is InChI=1S/C22H18N2O7S/c1-29-19(25)12-23-10-13(15-5-3-4-6-16(15)23)9-18-20(26)24(22(28)32-18)11-14-7-8-17(31-14)21(27)30-2/h3-10H,11-12H2,1-2H3/b18-9+. The van der Waals surface area contributed by atoms with Crippen LogP contribution in [-0.4, -0.2) is 46.8 Å². The number of fused-ring (bicyclic) bond motifs is 1. The number of thioether (sulfide) groups is 1. The molecule has 1 fully saturated rings. The summed E-state index contributed by atoms with van der Waals surface area (Å²) in [5.74, 6) is -1.25. The summed E-state index contributed by atoms with van der Waals surface area (Å²) in [5.41, 5.74) is 1.50. The largest absolute Gasteiger partial charge is 0.468 e. The molecule has 1 saturated heterocycles. The fourth-order valence-corrected chi connectivity index (χ4v) is 4.16. The van der Waals surface area contributed by atoms with E-state index in [9.17, 15) is 19.2 Å². The van der Waals surface area contributed by atoms with Gasteiger partial charge in [0.05, 0.1) is 25.7 Å². The minimum Gasteiger partial charge on any atom is -0.468 e. The van der Waals surface area contributed by atoms with Crippen LogP contribution in [0.5, 0.6) is 0 Å². The van der Waals surface area contributed by atoms with Crippen LogP contribution in [0.15, 0.2) is 51.9 Å². The first-order chi connectivity index (χ1) is 15.4. The van der Waals surface area contributed by atoms with Gasteiger partial charge in [0.1, 0.15) is 12.3 Å². The van der Waals surface area contributed by atoms with Gasteiger partial charge in [-0.2, -0.15) is 0 Å². The third kappa shape index (κ3) is 4.04. The molecule has 2 aromatic heterocycles. The molecule has 32 heavy (non-hydrogen) atoms. The maximum absolute atomic E-state index is 12.9. The molecular weight excluding hydrogens is 436 g/mol. The van der Waals surface area contributed by atoms with Crippen LogP contribution in [0.4, 0.5) is 4.79 Å². The number of nitrogens with zero attached hydrogens (tertiary/aromatic N) is 2. The number of carbonyl (C=O) groups excluding carboxylic acids is 4. The van der Waals surface area contributed by atoms with E-state index >= 15 is 0 Å². The van der Waals surface area contributed by atoms with Crippen LogP contribution in [0.1, 0.15) is 21.9 Å². The Labute approximate surface area is 186 Å². The number of hydrogen-bond acceptors (Lipinski definition) is 8. The molecule has 0 atom stereocenters. The molecule has 3 aromatic rings. The van der Waals surface area contributed by atoms with Crippen LogP contribution in [0.3, 0.4) is 0 Å². The highest BCUT2D eigenvalue weighted by atomic mass is 32.2. The quantitative estimate of drug-likeness (QED) is 0.412. The normalized spacial score (nSPS) is 15.1. The van der Waals surface area contributed by atoms with Crippen LogP contribution in [-0.2, 0) is 32.2 Å². The number of ether oxygens (including phenoxy) is 2. The molecule has 1 aliphatic heterocycles. The molecule has 3 heterocycles. The molecule has 0 aliphatic carbocycles. The van der Waals surface area contributed by atoms with Gasteiger partial charge in [-0.3, -0.25) is 19.3 Å². The molecular formula is C22H18N2O7S. The Kier molecular flexibility index (Phi) is 5.87. The minimum atomic E-state index is -0.645. The Bertz CT molecular complexity index is 1270. The van der Waals surface area contributed by atoms with Crippen molar-refractivity contribution in [1.29, 1.82) is 0 Å². The molecule has 2 amide bonds. The molecule has 0 unspecified atom stereocenters. The van der Waals surface area contributed by atoms with Crippen molar-refractivity contribution in [2.45, 2.75) is 13.1 Å². The van der Waals surface area contributed by atoms with Crippen LogP contribution in [0, 0.1) is 0 Å². The van der Waals surface area contributed by atoms with Gasteiger partial charge in [-0.1, -0.05) is 18.2 Å². The molecule has 0 bridgehead atoms. The third-order valence-electron chi connectivity index (χ3n) is 4.87. The smallest absolute Gasteiger partial charge is 0.373 e.